The Kier molecular flexibility index (Phi) is 7.49. The molecule has 5 rings (SSSR count). The first-order valence-corrected chi connectivity index (χ1v) is 12.0. The number of nitriles is 1. The van der Waals surface area contributed by atoms with Crippen LogP contribution in [0.4, 0.5) is 21.8 Å². The minimum absolute atomic E-state index is 0.0708. The largest absolute Gasteiger partial charge is 0.507 e. The summed E-state index contributed by atoms with van der Waals surface area (Å²) in [5, 5.41) is 24.9. The molecule has 2 atom stereocenters. The van der Waals surface area contributed by atoms with Crippen LogP contribution < -0.4 is 10.6 Å². The van der Waals surface area contributed by atoms with E-state index in [-0.39, 0.29) is 34.7 Å². The van der Waals surface area contributed by atoms with E-state index in [1.165, 1.54) is 37.8 Å². The van der Waals surface area contributed by atoms with E-state index in [0.29, 0.717) is 11.7 Å². The average molecular weight is 469 g/mol. The molecule has 0 saturated carbocycles. The van der Waals surface area contributed by atoms with Gasteiger partial charge in [0.2, 0.25) is 5.95 Å². The number of hydrogen-bond acceptors (Lipinski definition) is 8. The summed E-state index contributed by atoms with van der Waals surface area (Å²) in [4.78, 5) is 10.9. The van der Waals surface area contributed by atoms with Gasteiger partial charge in [-0.3, -0.25) is 4.90 Å². The number of benzene rings is 1. The molecule has 2 aromatic rings. The summed E-state index contributed by atoms with van der Waals surface area (Å²) in [5.41, 5.74) is 0.750. The zero-order valence-corrected chi connectivity index (χ0v) is 19.9. The maximum absolute atomic E-state index is 14.4. The smallest absolute Gasteiger partial charge is 0.229 e. The zero-order valence-electron chi connectivity index (χ0n) is 19.9. The van der Waals surface area contributed by atoms with Crippen molar-refractivity contribution in [2.24, 2.45) is 0 Å². The van der Waals surface area contributed by atoms with Crippen LogP contribution in [0.3, 0.4) is 0 Å². The van der Waals surface area contributed by atoms with Gasteiger partial charge >= 0.3 is 0 Å². The Morgan fingerprint density at radius 2 is 2.06 bits per heavy atom. The number of fused-ring (bicyclic) bond motifs is 1. The number of anilines is 3. The van der Waals surface area contributed by atoms with Crippen LogP contribution in [0.1, 0.15) is 57.9 Å². The van der Waals surface area contributed by atoms with E-state index in [1.54, 1.807) is 6.07 Å². The minimum Gasteiger partial charge on any atom is -0.507 e. The van der Waals surface area contributed by atoms with Gasteiger partial charge in [0.15, 0.2) is 11.6 Å². The molecule has 1 aromatic carbocycles. The van der Waals surface area contributed by atoms with Crippen molar-refractivity contribution in [3.8, 4) is 11.8 Å². The van der Waals surface area contributed by atoms with Gasteiger partial charge in [-0.1, -0.05) is 0 Å². The number of hydrogen-bond donors (Lipinski definition) is 3. The fourth-order valence-electron chi connectivity index (χ4n) is 5.18. The number of nitrogens with one attached hydrogen (secondary N) is 2. The van der Waals surface area contributed by atoms with Crippen molar-refractivity contribution in [1.82, 2.24) is 14.9 Å². The van der Waals surface area contributed by atoms with Crippen LogP contribution in [0.2, 0.25) is 0 Å². The number of nitrogens with zero attached hydrogens (tertiary/aromatic N) is 4. The van der Waals surface area contributed by atoms with Crippen LogP contribution in [0.25, 0.3) is 0 Å². The highest BCUT2D eigenvalue weighted by Crippen LogP contribution is 2.38. The second-order valence-corrected chi connectivity index (χ2v) is 9.76. The lowest BCUT2D eigenvalue weighted by molar-refractivity contribution is 0.0500. The molecule has 0 spiro atoms. The fraction of sp³-hybridized carbons (Fsp3) is 0.560. The normalized spacial score (nSPS) is 23.4. The van der Waals surface area contributed by atoms with Crippen molar-refractivity contribution >= 4 is 17.5 Å². The summed E-state index contributed by atoms with van der Waals surface area (Å²) in [6.45, 7) is 7.64. The summed E-state index contributed by atoms with van der Waals surface area (Å²) >= 11 is 0. The molecule has 3 saturated heterocycles. The lowest BCUT2D eigenvalue weighted by Gasteiger charge is -2.47. The first kappa shape index (κ1) is 24.2. The number of halogens is 1. The molecule has 3 fully saturated rings. The van der Waals surface area contributed by atoms with E-state index >= 15 is 0 Å². The second kappa shape index (κ2) is 10.5. The van der Waals surface area contributed by atoms with Crippen LogP contribution >= 0.6 is 0 Å². The van der Waals surface area contributed by atoms with Gasteiger partial charge in [0.1, 0.15) is 11.8 Å². The van der Waals surface area contributed by atoms with Crippen LogP contribution in [0, 0.1) is 17.1 Å². The molecular weight excluding hydrogens is 435 g/mol. The molecule has 182 valence electrons. The topological polar surface area (TPSA) is 106 Å². The summed E-state index contributed by atoms with van der Waals surface area (Å²) in [6, 6.07) is 7.10. The van der Waals surface area contributed by atoms with Crippen molar-refractivity contribution < 1.29 is 14.2 Å². The summed E-state index contributed by atoms with van der Waals surface area (Å²) < 4.78 is 19.3. The fourth-order valence-corrected chi connectivity index (χ4v) is 5.18. The minimum atomic E-state index is -0.495. The van der Waals surface area contributed by atoms with E-state index in [9.17, 15) is 9.50 Å². The van der Waals surface area contributed by atoms with Gasteiger partial charge < -0.3 is 20.5 Å². The average Bonchev–Trinajstić information content (AvgIpc) is 3.52. The van der Waals surface area contributed by atoms with Gasteiger partial charge in [0, 0.05) is 36.5 Å². The molecular formula is C25H33FN6O2. The molecule has 4 heterocycles. The molecule has 2 unspecified atom stereocenters. The predicted octanol–water partition coefficient (Wildman–Crippen LogP) is 4.55. The molecule has 9 heteroatoms. The number of aromatic nitrogens is 2. The van der Waals surface area contributed by atoms with Gasteiger partial charge in [0.05, 0.1) is 11.8 Å². The maximum atomic E-state index is 14.4. The lowest BCUT2D eigenvalue weighted by Crippen LogP contribution is -2.55. The Morgan fingerprint density at radius 3 is 2.76 bits per heavy atom. The molecule has 0 amide bonds. The standard InChI is InChI=1S/C21H25FN6O.C4H8O/c1-21(2)10-15(9-16-4-3-7-28(16)21)25-19-17(22)12-24-20(27-19)26-14-5-6-18(29)13(8-14)11-23;1-2-4-5-3-1/h5-6,8,12,15-16,29H,3-4,7,9-10H2,1-2H3,(H2,24,25,26,27);1-4H2. The molecule has 3 N–H and O–H groups in total. The number of aromatic hydroxyl groups is 1. The highest BCUT2D eigenvalue weighted by molar-refractivity contribution is 5.60. The number of rotatable bonds is 4. The number of ether oxygens (including phenoxy) is 1. The Hall–Kier alpha value is -2.96. The van der Waals surface area contributed by atoms with Crippen molar-refractivity contribution in [2.45, 2.75) is 70.0 Å². The van der Waals surface area contributed by atoms with Crippen molar-refractivity contribution in [2.75, 3.05) is 30.4 Å². The Morgan fingerprint density at radius 1 is 1.26 bits per heavy atom. The quantitative estimate of drug-likeness (QED) is 0.561. The van der Waals surface area contributed by atoms with Crippen molar-refractivity contribution in [3.63, 3.8) is 0 Å². The first-order chi connectivity index (χ1) is 16.4. The second-order valence-electron chi connectivity index (χ2n) is 9.76. The molecule has 34 heavy (non-hydrogen) atoms. The molecule has 0 aliphatic carbocycles. The zero-order chi connectivity index (χ0) is 24.1. The SMILES string of the molecule is C1CCOC1.CC1(C)CC(Nc2nc(Nc3ccc(O)c(C#N)c3)ncc2F)CC2CCCN21. The highest BCUT2D eigenvalue weighted by Gasteiger charge is 2.43. The van der Waals surface area contributed by atoms with E-state index < -0.39 is 5.82 Å². The van der Waals surface area contributed by atoms with E-state index in [4.69, 9.17) is 10.00 Å². The van der Waals surface area contributed by atoms with Crippen LogP contribution in [0.5, 0.6) is 5.75 Å². The van der Waals surface area contributed by atoms with Gasteiger partial charge in [-0.05, 0) is 77.1 Å². The molecule has 0 radical (unpaired) electrons. The summed E-state index contributed by atoms with van der Waals surface area (Å²) in [5.74, 6) is -0.193. The Balaban J connectivity index is 0.000000486. The summed E-state index contributed by atoms with van der Waals surface area (Å²) in [7, 11) is 0. The molecule has 1 aromatic heterocycles. The van der Waals surface area contributed by atoms with Gasteiger partial charge in [-0.15, -0.1) is 0 Å². The maximum Gasteiger partial charge on any atom is 0.229 e. The third-order valence-corrected chi connectivity index (χ3v) is 6.74. The van der Waals surface area contributed by atoms with Gasteiger partial charge in [-0.25, -0.2) is 9.37 Å². The van der Waals surface area contributed by atoms with Crippen LogP contribution in [-0.4, -0.2) is 57.4 Å². The molecule has 3 aliphatic rings. The van der Waals surface area contributed by atoms with E-state index in [2.05, 4.69) is 39.3 Å². The summed E-state index contributed by atoms with van der Waals surface area (Å²) in [6.07, 6.45) is 7.98. The van der Waals surface area contributed by atoms with E-state index in [1.807, 2.05) is 6.07 Å². The Bertz CT molecular complexity index is 1030. The third-order valence-electron chi connectivity index (χ3n) is 6.74. The third kappa shape index (κ3) is 5.75. The number of phenols is 1. The predicted molar refractivity (Wildman–Crippen MR) is 129 cm³/mol. The van der Waals surface area contributed by atoms with Gasteiger partial charge in [0.25, 0.3) is 0 Å². The highest BCUT2D eigenvalue weighted by atomic mass is 19.1. The van der Waals surface area contributed by atoms with Crippen LogP contribution in [0.15, 0.2) is 24.4 Å². The van der Waals surface area contributed by atoms with Crippen molar-refractivity contribution in [3.05, 3.63) is 35.8 Å². The van der Waals surface area contributed by atoms with Crippen molar-refractivity contribution in [1.29, 1.82) is 5.26 Å². The van der Waals surface area contributed by atoms with Gasteiger partial charge in [-0.2, -0.15) is 10.2 Å². The number of piperidine rings is 1. The monoisotopic (exact) mass is 468 g/mol. The lowest BCUT2D eigenvalue weighted by atomic mass is 9.84. The Labute approximate surface area is 200 Å². The molecule has 0 bridgehead atoms. The van der Waals surface area contributed by atoms with E-state index in [0.717, 1.165) is 38.8 Å². The number of phenolic OH excluding ortho intramolecular Hbond substituents is 1. The first-order valence-electron chi connectivity index (χ1n) is 12.0. The molecule has 3 aliphatic heterocycles. The molecule has 8 nitrogen and oxygen atoms in total. The van der Waals surface area contributed by atoms with Crippen LogP contribution in [-0.2, 0) is 4.74 Å².